The van der Waals surface area contributed by atoms with Gasteiger partial charge < -0.3 is 11.1 Å². The Morgan fingerprint density at radius 2 is 2.33 bits per heavy atom. The van der Waals surface area contributed by atoms with Gasteiger partial charge in [-0.15, -0.1) is 0 Å². The van der Waals surface area contributed by atoms with Crippen LogP contribution in [0.4, 0.5) is 5.82 Å². The molecule has 6 heteroatoms. The van der Waals surface area contributed by atoms with Crippen LogP contribution in [0.2, 0.25) is 5.28 Å². The monoisotopic (exact) mass is 228 g/mol. The lowest BCUT2D eigenvalue weighted by atomic mass is 10.3. The van der Waals surface area contributed by atoms with Crippen LogP contribution in [-0.2, 0) is 4.79 Å². The molecule has 0 fully saturated rings. The zero-order chi connectivity index (χ0) is 11.3. The highest BCUT2D eigenvalue weighted by Crippen LogP contribution is 2.09. The van der Waals surface area contributed by atoms with Crippen molar-refractivity contribution in [1.82, 2.24) is 9.97 Å². The van der Waals surface area contributed by atoms with Crippen LogP contribution in [0, 0.1) is 6.92 Å². The van der Waals surface area contributed by atoms with Crippen LogP contribution in [0.5, 0.6) is 0 Å². The number of aryl methyl sites for hydroxylation is 1. The van der Waals surface area contributed by atoms with Crippen LogP contribution in [0.3, 0.4) is 0 Å². The lowest BCUT2D eigenvalue weighted by Gasteiger charge is -2.05. The Kier molecular flexibility index (Phi) is 4.30. The number of amides is 1. The molecule has 0 saturated carbocycles. The molecule has 1 aromatic heterocycles. The number of rotatable bonds is 5. The van der Waals surface area contributed by atoms with Crippen molar-refractivity contribution in [3.63, 3.8) is 0 Å². The summed E-state index contributed by atoms with van der Waals surface area (Å²) in [4.78, 5) is 18.4. The average Bonchev–Trinajstić information content (AvgIpc) is 2.10. The fourth-order valence-corrected chi connectivity index (χ4v) is 1.33. The highest BCUT2D eigenvalue weighted by atomic mass is 35.5. The maximum Gasteiger partial charge on any atom is 0.224 e. The van der Waals surface area contributed by atoms with Crippen LogP contribution >= 0.6 is 11.6 Å². The first kappa shape index (κ1) is 11.7. The molecule has 0 aromatic carbocycles. The molecule has 5 nitrogen and oxygen atoms in total. The Bertz CT molecular complexity index is 336. The lowest BCUT2D eigenvalue weighted by molar-refractivity contribution is -0.118. The van der Waals surface area contributed by atoms with E-state index >= 15 is 0 Å². The van der Waals surface area contributed by atoms with Gasteiger partial charge in [-0.25, -0.2) is 9.97 Å². The summed E-state index contributed by atoms with van der Waals surface area (Å²) in [5.41, 5.74) is 5.81. The highest BCUT2D eigenvalue weighted by Gasteiger charge is 1.99. The molecule has 3 N–H and O–H groups in total. The SMILES string of the molecule is Cc1cc(NCCCC(N)=O)nc(Cl)n1. The summed E-state index contributed by atoms with van der Waals surface area (Å²) in [5.74, 6) is 0.366. The summed E-state index contributed by atoms with van der Waals surface area (Å²) in [6.07, 6.45) is 1.04. The van der Waals surface area contributed by atoms with E-state index in [9.17, 15) is 4.79 Å². The molecule has 0 radical (unpaired) electrons. The summed E-state index contributed by atoms with van der Waals surface area (Å²) in [6, 6.07) is 1.79. The number of aromatic nitrogens is 2. The van der Waals surface area contributed by atoms with Crippen molar-refractivity contribution < 1.29 is 4.79 Å². The number of hydrogen-bond donors (Lipinski definition) is 2. The third-order valence-electron chi connectivity index (χ3n) is 1.73. The Labute approximate surface area is 93.0 Å². The molecule has 0 bridgehead atoms. The van der Waals surface area contributed by atoms with Gasteiger partial charge in [-0.2, -0.15) is 0 Å². The molecule has 0 saturated heterocycles. The number of carbonyl (C=O) groups is 1. The molecular formula is C9H13ClN4O. The van der Waals surface area contributed by atoms with E-state index in [1.54, 1.807) is 6.07 Å². The molecule has 82 valence electrons. The third-order valence-corrected chi connectivity index (χ3v) is 1.90. The van der Waals surface area contributed by atoms with Crippen molar-refractivity contribution in [2.45, 2.75) is 19.8 Å². The van der Waals surface area contributed by atoms with Gasteiger partial charge in [-0.1, -0.05) is 0 Å². The smallest absolute Gasteiger partial charge is 0.224 e. The first-order chi connectivity index (χ1) is 7.08. The molecule has 0 atom stereocenters. The second kappa shape index (κ2) is 5.50. The van der Waals surface area contributed by atoms with E-state index < -0.39 is 0 Å². The molecule has 0 aliphatic rings. The summed E-state index contributed by atoms with van der Waals surface area (Å²) in [7, 11) is 0. The molecule has 0 aliphatic heterocycles. The van der Waals surface area contributed by atoms with E-state index in [2.05, 4.69) is 15.3 Å². The first-order valence-electron chi connectivity index (χ1n) is 4.61. The van der Waals surface area contributed by atoms with Crippen molar-refractivity contribution in [1.29, 1.82) is 0 Å². The van der Waals surface area contributed by atoms with E-state index in [1.165, 1.54) is 0 Å². The Morgan fingerprint density at radius 1 is 1.60 bits per heavy atom. The van der Waals surface area contributed by atoms with Gasteiger partial charge in [0.05, 0.1) is 0 Å². The summed E-state index contributed by atoms with van der Waals surface area (Å²) < 4.78 is 0. The first-order valence-corrected chi connectivity index (χ1v) is 4.99. The van der Waals surface area contributed by atoms with Crippen molar-refractivity contribution in [3.05, 3.63) is 17.0 Å². The van der Waals surface area contributed by atoms with Gasteiger partial charge in [0.1, 0.15) is 5.82 Å². The van der Waals surface area contributed by atoms with Crippen molar-refractivity contribution in [2.75, 3.05) is 11.9 Å². The molecule has 1 rings (SSSR count). The number of nitrogens with one attached hydrogen (secondary N) is 1. The highest BCUT2D eigenvalue weighted by molar-refractivity contribution is 6.28. The van der Waals surface area contributed by atoms with E-state index in [-0.39, 0.29) is 11.2 Å². The molecule has 1 aromatic rings. The summed E-state index contributed by atoms with van der Waals surface area (Å²) >= 11 is 5.68. The minimum Gasteiger partial charge on any atom is -0.370 e. The van der Waals surface area contributed by atoms with Gasteiger partial charge in [0.2, 0.25) is 11.2 Å². The number of primary amides is 1. The van der Waals surface area contributed by atoms with Gasteiger partial charge in [-0.05, 0) is 24.9 Å². The van der Waals surface area contributed by atoms with E-state index in [4.69, 9.17) is 17.3 Å². The minimum atomic E-state index is -0.297. The van der Waals surface area contributed by atoms with Gasteiger partial charge in [0.25, 0.3) is 0 Å². The molecule has 15 heavy (non-hydrogen) atoms. The molecule has 0 spiro atoms. The third kappa shape index (κ3) is 4.60. The zero-order valence-electron chi connectivity index (χ0n) is 8.46. The number of anilines is 1. The van der Waals surface area contributed by atoms with E-state index in [0.717, 1.165) is 5.69 Å². The maximum absolute atomic E-state index is 10.5. The summed E-state index contributed by atoms with van der Waals surface area (Å²) in [5, 5.41) is 3.25. The maximum atomic E-state index is 10.5. The number of carbonyl (C=O) groups excluding carboxylic acids is 1. The predicted octanol–water partition coefficient (Wildman–Crippen LogP) is 1.12. The van der Waals surface area contributed by atoms with Crippen molar-refractivity contribution in [3.8, 4) is 0 Å². The van der Waals surface area contributed by atoms with E-state index in [1.807, 2.05) is 6.92 Å². The Balaban J connectivity index is 2.40. The van der Waals surface area contributed by atoms with Crippen LogP contribution in [0.15, 0.2) is 6.07 Å². The van der Waals surface area contributed by atoms with Crippen LogP contribution in [-0.4, -0.2) is 22.4 Å². The summed E-state index contributed by atoms with van der Waals surface area (Å²) in [6.45, 7) is 2.47. The fourth-order valence-electron chi connectivity index (χ4n) is 1.10. The number of nitrogens with two attached hydrogens (primary N) is 1. The van der Waals surface area contributed by atoms with E-state index in [0.29, 0.717) is 25.2 Å². The largest absolute Gasteiger partial charge is 0.370 e. The zero-order valence-corrected chi connectivity index (χ0v) is 9.21. The number of nitrogens with zero attached hydrogens (tertiary/aromatic N) is 2. The fraction of sp³-hybridized carbons (Fsp3) is 0.444. The van der Waals surface area contributed by atoms with Crippen LogP contribution < -0.4 is 11.1 Å². The predicted molar refractivity (Wildman–Crippen MR) is 58.7 cm³/mol. The van der Waals surface area contributed by atoms with Gasteiger partial charge in [-0.3, -0.25) is 4.79 Å². The lowest BCUT2D eigenvalue weighted by Crippen LogP contribution is -2.13. The Hall–Kier alpha value is -1.36. The number of halogens is 1. The molecule has 1 amide bonds. The number of hydrogen-bond acceptors (Lipinski definition) is 4. The van der Waals surface area contributed by atoms with Gasteiger partial charge >= 0.3 is 0 Å². The quantitative estimate of drug-likeness (QED) is 0.585. The standard InChI is InChI=1S/C9H13ClN4O/c1-6-5-8(14-9(10)13-6)12-4-2-3-7(11)15/h5H,2-4H2,1H3,(H2,11,15)(H,12,13,14). The average molecular weight is 229 g/mol. The van der Waals surface area contributed by atoms with Gasteiger partial charge in [0.15, 0.2) is 0 Å². The molecule has 0 unspecified atom stereocenters. The second-order valence-corrected chi connectivity index (χ2v) is 3.50. The van der Waals surface area contributed by atoms with Gasteiger partial charge in [0, 0.05) is 24.7 Å². The van der Waals surface area contributed by atoms with Crippen molar-refractivity contribution in [2.24, 2.45) is 5.73 Å². The van der Waals surface area contributed by atoms with Crippen molar-refractivity contribution >= 4 is 23.3 Å². The topological polar surface area (TPSA) is 80.9 Å². The Morgan fingerprint density at radius 3 is 2.93 bits per heavy atom. The minimum absolute atomic E-state index is 0.215. The molecule has 0 aliphatic carbocycles. The second-order valence-electron chi connectivity index (χ2n) is 3.16. The van der Waals surface area contributed by atoms with Crippen LogP contribution in [0.1, 0.15) is 18.5 Å². The normalized spacial score (nSPS) is 10.0. The molecule has 1 heterocycles. The van der Waals surface area contributed by atoms with Crippen LogP contribution in [0.25, 0.3) is 0 Å². The molecular weight excluding hydrogens is 216 g/mol.